The van der Waals surface area contributed by atoms with Crippen molar-refractivity contribution in [3.63, 3.8) is 0 Å². The molecular weight excluding hydrogens is 533 g/mol. The quantitative estimate of drug-likeness (QED) is 0.234. The van der Waals surface area contributed by atoms with Gasteiger partial charge < -0.3 is 10.1 Å². The Balaban J connectivity index is 1.51. The number of nitrogens with zero attached hydrogens (tertiary/aromatic N) is 1. The van der Waals surface area contributed by atoms with E-state index in [-0.39, 0.29) is 15.5 Å². The third-order valence-corrected chi connectivity index (χ3v) is 7.24. The molecule has 0 aliphatic heterocycles. The maximum Gasteiger partial charge on any atom is 0.261 e. The van der Waals surface area contributed by atoms with Crippen LogP contribution >= 0.6 is 23.2 Å². The summed E-state index contributed by atoms with van der Waals surface area (Å²) in [5, 5.41) is 3.24. The zero-order valence-electron chi connectivity index (χ0n) is 19.7. The minimum absolute atomic E-state index is 0.0145. The van der Waals surface area contributed by atoms with Crippen LogP contribution in [-0.2, 0) is 10.0 Å². The Morgan fingerprint density at radius 2 is 1.76 bits per heavy atom. The first kappa shape index (κ1) is 26.5. The highest BCUT2D eigenvalue weighted by atomic mass is 35.5. The van der Waals surface area contributed by atoms with Crippen molar-refractivity contribution in [2.75, 3.05) is 16.6 Å². The van der Waals surface area contributed by atoms with E-state index in [0.717, 1.165) is 6.42 Å². The van der Waals surface area contributed by atoms with E-state index in [1.54, 1.807) is 54.7 Å². The Bertz CT molecular complexity index is 1530. The van der Waals surface area contributed by atoms with Crippen LogP contribution in [0.4, 0.5) is 11.4 Å². The molecule has 4 rings (SSSR count). The van der Waals surface area contributed by atoms with Crippen LogP contribution in [0.3, 0.4) is 0 Å². The zero-order chi connectivity index (χ0) is 26.4. The molecule has 190 valence electrons. The smallest absolute Gasteiger partial charge is 0.261 e. The Morgan fingerprint density at radius 1 is 0.919 bits per heavy atom. The van der Waals surface area contributed by atoms with Crippen molar-refractivity contribution in [1.29, 1.82) is 0 Å². The molecule has 0 saturated carbocycles. The summed E-state index contributed by atoms with van der Waals surface area (Å²) >= 11 is 12.6. The molecular formula is C27H23Cl2N3O4S. The van der Waals surface area contributed by atoms with Gasteiger partial charge in [-0.1, -0.05) is 42.3 Å². The van der Waals surface area contributed by atoms with E-state index in [0.29, 0.717) is 40.0 Å². The van der Waals surface area contributed by atoms with Gasteiger partial charge in [-0.25, -0.2) is 8.42 Å². The molecule has 1 aromatic heterocycles. The summed E-state index contributed by atoms with van der Waals surface area (Å²) in [5.41, 5.74) is 2.26. The second-order valence-electron chi connectivity index (χ2n) is 7.99. The standard InChI is InChI=1S/C27H23Cl2N3O4S/c1-2-14-36-20-7-5-6-19(15-20)32-37(34,35)21-10-11-22(25(29)17-21)27(33)31-18-9-12-24(28)23(16-18)26-8-3-4-13-30-26/h3-13,15-17,32H,2,14H2,1H3,(H,31,33). The largest absolute Gasteiger partial charge is 0.494 e. The lowest BCUT2D eigenvalue weighted by Gasteiger charge is -2.12. The van der Waals surface area contributed by atoms with Crippen LogP contribution in [0.2, 0.25) is 10.0 Å². The number of nitrogens with one attached hydrogen (secondary N) is 2. The highest BCUT2D eigenvalue weighted by Gasteiger charge is 2.19. The summed E-state index contributed by atoms with van der Waals surface area (Å²) in [6.07, 6.45) is 2.48. The van der Waals surface area contributed by atoms with Gasteiger partial charge in [0.1, 0.15) is 5.75 Å². The van der Waals surface area contributed by atoms with Crippen molar-refractivity contribution >= 4 is 50.5 Å². The molecule has 0 aliphatic rings. The molecule has 0 saturated heterocycles. The number of benzene rings is 3. The number of carbonyl (C=O) groups is 1. The van der Waals surface area contributed by atoms with Gasteiger partial charge in [0.05, 0.1) is 38.5 Å². The number of aromatic nitrogens is 1. The van der Waals surface area contributed by atoms with E-state index < -0.39 is 15.9 Å². The third kappa shape index (κ3) is 6.60. The van der Waals surface area contributed by atoms with E-state index in [9.17, 15) is 13.2 Å². The molecule has 0 aliphatic carbocycles. The van der Waals surface area contributed by atoms with Gasteiger partial charge in [-0.05, 0) is 67.1 Å². The molecule has 0 fully saturated rings. The highest BCUT2D eigenvalue weighted by Crippen LogP contribution is 2.30. The number of anilines is 2. The molecule has 7 nitrogen and oxygen atoms in total. The molecule has 2 N–H and O–H groups in total. The Morgan fingerprint density at radius 3 is 2.49 bits per heavy atom. The number of amides is 1. The number of carbonyl (C=O) groups excluding carboxylic acids is 1. The predicted octanol–water partition coefficient (Wildman–Crippen LogP) is 6.90. The molecule has 0 radical (unpaired) electrons. The summed E-state index contributed by atoms with van der Waals surface area (Å²) in [6, 6.07) is 21.0. The topological polar surface area (TPSA) is 97.4 Å². The zero-order valence-corrected chi connectivity index (χ0v) is 22.1. The first-order valence-corrected chi connectivity index (χ1v) is 13.6. The molecule has 37 heavy (non-hydrogen) atoms. The van der Waals surface area contributed by atoms with E-state index in [4.69, 9.17) is 27.9 Å². The fourth-order valence-corrected chi connectivity index (χ4v) is 5.07. The molecule has 0 atom stereocenters. The number of hydrogen-bond donors (Lipinski definition) is 2. The number of sulfonamides is 1. The number of ether oxygens (including phenoxy) is 1. The van der Waals surface area contributed by atoms with Gasteiger partial charge in [-0.15, -0.1) is 0 Å². The summed E-state index contributed by atoms with van der Waals surface area (Å²) in [5.74, 6) is 0.0532. The lowest BCUT2D eigenvalue weighted by molar-refractivity contribution is 0.102. The average molecular weight is 556 g/mol. The highest BCUT2D eigenvalue weighted by molar-refractivity contribution is 7.92. The van der Waals surface area contributed by atoms with Gasteiger partial charge >= 0.3 is 0 Å². The lowest BCUT2D eigenvalue weighted by Crippen LogP contribution is -2.15. The van der Waals surface area contributed by atoms with Crippen LogP contribution in [0, 0.1) is 0 Å². The van der Waals surface area contributed by atoms with E-state index in [2.05, 4.69) is 15.0 Å². The second-order valence-corrected chi connectivity index (χ2v) is 10.5. The Hall–Kier alpha value is -3.59. The summed E-state index contributed by atoms with van der Waals surface area (Å²) in [7, 11) is -3.96. The Labute approximate surface area is 225 Å². The van der Waals surface area contributed by atoms with Crippen molar-refractivity contribution in [1.82, 2.24) is 4.98 Å². The van der Waals surface area contributed by atoms with Gasteiger partial charge in [0, 0.05) is 23.5 Å². The van der Waals surface area contributed by atoms with Crippen LogP contribution in [0.5, 0.6) is 5.75 Å². The monoisotopic (exact) mass is 555 g/mol. The van der Waals surface area contributed by atoms with Crippen molar-refractivity contribution in [3.05, 3.63) is 101 Å². The van der Waals surface area contributed by atoms with Crippen molar-refractivity contribution in [2.24, 2.45) is 0 Å². The van der Waals surface area contributed by atoms with E-state index >= 15 is 0 Å². The van der Waals surface area contributed by atoms with Gasteiger partial charge in [0.15, 0.2) is 0 Å². The molecule has 1 amide bonds. The number of rotatable bonds is 9. The molecule has 1 heterocycles. The van der Waals surface area contributed by atoms with E-state index in [1.165, 1.54) is 18.2 Å². The fourth-order valence-electron chi connectivity index (χ4n) is 3.45. The van der Waals surface area contributed by atoms with Crippen molar-refractivity contribution in [2.45, 2.75) is 18.2 Å². The summed E-state index contributed by atoms with van der Waals surface area (Å²) in [4.78, 5) is 17.1. The van der Waals surface area contributed by atoms with Gasteiger partial charge in [0.2, 0.25) is 0 Å². The number of halogens is 2. The molecule has 3 aromatic carbocycles. The SMILES string of the molecule is CCCOc1cccc(NS(=O)(=O)c2ccc(C(=O)Nc3ccc(Cl)c(-c4ccccn4)c3)c(Cl)c2)c1. The third-order valence-electron chi connectivity index (χ3n) is 5.22. The molecule has 0 bridgehead atoms. The molecule has 10 heteroatoms. The maximum absolute atomic E-state index is 12.9. The minimum Gasteiger partial charge on any atom is -0.494 e. The van der Waals surface area contributed by atoms with E-state index in [1.807, 2.05) is 19.1 Å². The van der Waals surface area contributed by atoms with Crippen LogP contribution in [0.1, 0.15) is 23.7 Å². The average Bonchev–Trinajstić information content (AvgIpc) is 2.89. The second kappa shape index (κ2) is 11.6. The van der Waals surface area contributed by atoms with Crippen molar-refractivity contribution in [3.8, 4) is 17.0 Å². The first-order chi connectivity index (χ1) is 17.8. The Kier molecular flexibility index (Phi) is 8.33. The van der Waals surface area contributed by atoms with Gasteiger partial charge in [-0.3, -0.25) is 14.5 Å². The molecule has 4 aromatic rings. The maximum atomic E-state index is 12.9. The minimum atomic E-state index is -3.96. The van der Waals surface area contributed by atoms with Crippen LogP contribution in [0.25, 0.3) is 11.3 Å². The molecule has 0 spiro atoms. The number of hydrogen-bond acceptors (Lipinski definition) is 5. The first-order valence-electron chi connectivity index (χ1n) is 11.3. The predicted molar refractivity (Wildman–Crippen MR) is 147 cm³/mol. The molecule has 0 unspecified atom stereocenters. The van der Waals surface area contributed by atoms with Crippen molar-refractivity contribution < 1.29 is 17.9 Å². The summed E-state index contributed by atoms with van der Waals surface area (Å²) in [6.45, 7) is 2.50. The van der Waals surface area contributed by atoms with Crippen LogP contribution in [0.15, 0.2) is 90.0 Å². The lowest BCUT2D eigenvalue weighted by atomic mass is 10.1. The van der Waals surface area contributed by atoms with Gasteiger partial charge in [-0.2, -0.15) is 0 Å². The number of pyridine rings is 1. The van der Waals surface area contributed by atoms with Crippen LogP contribution in [-0.4, -0.2) is 25.9 Å². The normalized spacial score (nSPS) is 11.1. The summed E-state index contributed by atoms with van der Waals surface area (Å²) < 4.78 is 33.9. The fraction of sp³-hybridized carbons (Fsp3) is 0.111. The van der Waals surface area contributed by atoms with Crippen LogP contribution < -0.4 is 14.8 Å². The van der Waals surface area contributed by atoms with Gasteiger partial charge in [0.25, 0.3) is 15.9 Å².